The van der Waals surface area contributed by atoms with Crippen LogP contribution in [0, 0.1) is 13.8 Å². The van der Waals surface area contributed by atoms with Crippen LogP contribution in [0.3, 0.4) is 0 Å². The van der Waals surface area contributed by atoms with Crippen molar-refractivity contribution >= 4 is 17.7 Å². The molecule has 0 saturated heterocycles. The monoisotopic (exact) mass is 369 g/mol. The quantitative estimate of drug-likeness (QED) is 0.810. The molecule has 0 bridgehead atoms. The van der Waals surface area contributed by atoms with Crippen LogP contribution in [0.4, 0.5) is 0 Å². The molecule has 138 valence electrons. The van der Waals surface area contributed by atoms with Crippen molar-refractivity contribution in [2.45, 2.75) is 51.5 Å². The van der Waals surface area contributed by atoms with Crippen LogP contribution in [0.25, 0.3) is 0 Å². The van der Waals surface area contributed by atoms with Gasteiger partial charge in [0.1, 0.15) is 11.4 Å². The Balaban J connectivity index is 1.61. The van der Waals surface area contributed by atoms with Crippen molar-refractivity contribution in [3.8, 4) is 5.75 Å². The van der Waals surface area contributed by atoms with Crippen molar-refractivity contribution in [1.29, 1.82) is 0 Å². The highest BCUT2D eigenvalue weighted by atomic mass is 32.2. The summed E-state index contributed by atoms with van der Waals surface area (Å²) >= 11 is 1.65. The summed E-state index contributed by atoms with van der Waals surface area (Å²) in [5.41, 5.74) is 4.50. The fraction of sp³-hybridized carbons (Fsp3) is 0.409. The van der Waals surface area contributed by atoms with Crippen LogP contribution in [0.5, 0.6) is 5.75 Å². The number of ether oxygens (including phenoxy) is 1. The van der Waals surface area contributed by atoms with Gasteiger partial charge in [-0.3, -0.25) is 4.79 Å². The first-order valence-electron chi connectivity index (χ1n) is 9.05. The third-order valence-corrected chi connectivity index (χ3v) is 5.55. The Morgan fingerprint density at radius 3 is 2.73 bits per heavy atom. The zero-order chi connectivity index (χ0) is 18.7. The minimum absolute atomic E-state index is 0.000666. The Morgan fingerprint density at radius 1 is 1.19 bits per heavy atom. The van der Waals surface area contributed by atoms with Crippen molar-refractivity contribution < 1.29 is 9.53 Å². The van der Waals surface area contributed by atoms with Crippen LogP contribution in [0.1, 0.15) is 48.6 Å². The molecule has 1 heterocycles. The SMILES string of the molecule is Cc1cccc(CSCC(=O)NC2CC(C)(C)Oc3ccc(C)cc32)c1. The fourth-order valence-corrected chi connectivity index (χ4v) is 4.19. The van der Waals surface area contributed by atoms with Crippen molar-refractivity contribution in [3.05, 3.63) is 64.7 Å². The number of carbonyl (C=O) groups excluding carboxylic acids is 1. The average Bonchev–Trinajstić information content (AvgIpc) is 2.55. The lowest BCUT2D eigenvalue weighted by Crippen LogP contribution is -2.41. The van der Waals surface area contributed by atoms with E-state index < -0.39 is 0 Å². The molecule has 2 aromatic rings. The van der Waals surface area contributed by atoms with Gasteiger partial charge in [0.05, 0.1) is 11.8 Å². The molecule has 2 aromatic carbocycles. The maximum absolute atomic E-state index is 12.5. The van der Waals surface area contributed by atoms with Gasteiger partial charge in [-0.25, -0.2) is 0 Å². The standard InChI is InChI=1S/C22H27NO2S/c1-15-6-5-7-17(10-15)13-26-14-21(24)23-19-12-22(3,4)25-20-9-8-16(2)11-18(19)20/h5-11,19H,12-14H2,1-4H3,(H,23,24). The molecule has 3 nitrogen and oxygen atoms in total. The van der Waals surface area contributed by atoms with E-state index in [2.05, 4.69) is 69.4 Å². The summed E-state index contributed by atoms with van der Waals surface area (Å²) in [6, 6.07) is 14.6. The molecule has 0 aromatic heterocycles. The van der Waals surface area contributed by atoms with Gasteiger partial charge < -0.3 is 10.1 Å². The molecule has 1 aliphatic rings. The van der Waals surface area contributed by atoms with Gasteiger partial charge in [0.2, 0.25) is 5.91 Å². The van der Waals surface area contributed by atoms with E-state index in [0.29, 0.717) is 5.75 Å². The Kier molecular flexibility index (Phi) is 5.61. The third-order valence-electron chi connectivity index (χ3n) is 4.54. The van der Waals surface area contributed by atoms with Gasteiger partial charge in [0, 0.05) is 17.7 Å². The van der Waals surface area contributed by atoms with E-state index in [4.69, 9.17) is 4.74 Å². The number of hydrogen-bond acceptors (Lipinski definition) is 3. The molecule has 3 rings (SSSR count). The lowest BCUT2D eigenvalue weighted by Gasteiger charge is -2.38. The zero-order valence-corrected chi connectivity index (χ0v) is 16.8. The van der Waals surface area contributed by atoms with E-state index in [1.807, 2.05) is 6.07 Å². The molecule has 0 fully saturated rings. The van der Waals surface area contributed by atoms with Crippen LogP contribution in [0.15, 0.2) is 42.5 Å². The number of hydrogen-bond donors (Lipinski definition) is 1. The van der Waals surface area contributed by atoms with Crippen LogP contribution in [-0.4, -0.2) is 17.3 Å². The number of aryl methyl sites for hydroxylation is 2. The Labute approximate surface area is 160 Å². The third kappa shape index (κ3) is 4.82. The number of benzene rings is 2. The summed E-state index contributed by atoms with van der Waals surface area (Å²) in [7, 11) is 0. The Bertz CT molecular complexity index is 800. The highest BCUT2D eigenvalue weighted by Gasteiger charge is 2.34. The smallest absolute Gasteiger partial charge is 0.230 e. The first kappa shape index (κ1) is 18.8. The minimum Gasteiger partial charge on any atom is -0.487 e. The van der Waals surface area contributed by atoms with Gasteiger partial charge in [0.25, 0.3) is 0 Å². The minimum atomic E-state index is -0.283. The normalized spacial score (nSPS) is 17.9. The number of rotatable bonds is 5. The number of carbonyl (C=O) groups is 1. The van der Waals surface area contributed by atoms with Crippen LogP contribution >= 0.6 is 11.8 Å². The molecule has 1 aliphatic heterocycles. The lowest BCUT2D eigenvalue weighted by molar-refractivity contribution is -0.119. The zero-order valence-electron chi connectivity index (χ0n) is 16.0. The molecular formula is C22H27NO2S. The van der Waals surface area contributed by atoms with E-state index in [1.54, 1.807) is 11.8 Å². The van der Waals surface area contributed by atoms with Crippen molar-refractivity contribution in [1.82, 2.24) is 5.32 Å². The van der Waals surface area contributed by atoms with E-state index in [0.717, 1.165) is 23.5 Å². The Hall–Kier alpha value is -1.94. The Morgan fingerprint density at radius 2 is 1.96 bits per heavy atom. The fourth-order valence-electron chi connectivity index (χ4n) is 3.40. The van der Waals surface area contributed by atoms with Crippen LogP contribution < -0.4 is 10.1 Å². The second kappa shape index (κ2) is 7.75. The molecule has 0 spiro atoms. The maximum Gasteiger partial charge on any atom is 0.230 e. The maximum atomic E-state index is 12.5. The number of fused-ring (bicyclic) bond motifs is 1. The van der Waals surface area contributed by atoms with E-state index >= 15 is 0 Å². The average molecular weight is 370 g/mol. The van der Waals surface area contributed by atoms with Crippen molar-refractivity contribution in [2.75, 3.05) is 5.75 Å². The number of amides is 1. The molecule has 1 unspecified atom stereocenters. The summed E-state index contributed by atoms with van der Waals surface area (Å²) in [6.07, 6.45) is 0.776. The predicted molar refractivity (Wildman–Crippen MR) is 109 cm³/mol. The summed E-state index contributed by atoms with van der Waals surface area (Å²) in [6.45, 7) is 8.30. The van der Waals surface area contributed by atoms with Gasteiger partial charge in [-0.15, -0.1) is 11.8 Å². The summed E-state index contributed by atoms with van der Waals surface area (Å²) in [4.78, 5) is 12.5. The molecule has 0 aliphatic carbocycles. The van der Waals surface area contributed by atoms with Crippen LogP contribution in [-0.2, 0) is 10.5 Å². The molecule has 26 heavy (non-hydrogen) atoms. The number of thioether (sulfide) groups is 1. The topological polar surface area (TPSA) is 38.3 Å². The molecule has 4 heteroatoms. The van der Waals surface area contributed by atoms with E-state index in [1.165, 1.54) is 16.7 Å². The van der Waals surface area contributed by atoms with Gasteiger partial charge in [0.15, 0.2) is 0 Å². The summed E-state index contributed by atoms with van der Waals surface area (Å²) in [5.74, 6) is 2.28. The van der Waals surface area contributed by atoms with E-state index in [-0.39, 0.29) is 17.6 Å². The van der Waals surface area contributed by atoms with E-state index in [9.17, 15) is 4.79 Å². The summed E-state index contributed by atoms with van der Waals surface area (Å²) in [5, 5.41) is 3.22. The molecule has 1 N–H and O–H groups in total. The van der Waals surface area contributed by atoms with Crippen LogP contribution in [0.2, 0.25) is 0 Å². The molecule has 1 amide bonds. The first-order valence-corrected chi connectivity index (χ1v) is 10.2. The molecule has 1 atom stereocenters. The van der Waals surface area contributed by atoms with Gasteiger partial charge in [-0.2, -0.15) is 0 Å². The highest BCUT2D eigenvalue weighted by Crippen LogP contribution is 2.39. The second-order valence-corrected chi connectivity index (χ2v) is 8.69. The number of nitrogens with one attached hydrogen (secondary N) is 1. The summed E-state index contributed by atoms with van der Waals surface area (Å²) < 4.78 is 6.08. The molecular weight excluding hydrogens is 342 g/mol. The second-order valence-electron chi connectivity index (χ2n) is 7.71. The highest BCUT2D eigenvalue weighted by molar-refractivity contribution is 7.99. The van der Waals surface area contributed by atoms with Crippen molar-refractivity contribution in [2.24, 2.45) is 0 Å². The lowest BCUT2D eigenvalue weighted by atomic mass is 9.89. The predicted octanol–water partition coefficient (Wildman–Crippen LogP) is 4.96. The van der Waals surface area contributed by atoms with Gasteiger partial charge >= 0.3 is 0 Å². The van der Waals surface area contributed by atoms with Gasteiger partial charge in [-0.1, -0.05) is 47.5 Å². The first-order chi connectivity index (χ1) is 12.3. The molecule has 0 radical (unpaired) electrons. The largest absolute Gasteiger partial charge is 0.487 e. The van der Waals surface area contributed by atoms with Gasteiger partial charge in [-0.05, 0) is 39.3 Å². The molecule has 0 saturated carbocycles. The van der Waals surface area contributed by atoms with Crippen molar-refractivity contribution in [3.63, 3.8) is 0 Å².